The molecule has 0 spiro atoms. The van der Waals surface area contributed by atoms with Crippen molar-refractivity contribution in [3.05, 3.63) is 47.4 Å². The summed E-state index contributed by atoms with van der Waals surface area (Å²) < 4.78 is 0. The Morgan fingerprint density at radius 2 is 2.12 bits per heavy atom. The van der Waals surface area contributed by atoms with Crippen molar-refractivity contribution in [1.82, 2.24) is 14.9 Å². The van der Waals surface area contributed by atoms with E-state index in [2.05, 4.69) is 20.2 Å². The molecule has 0 unspecified atom stereocenters. The number of rotatable bonds is 2. The third kappa shape index (κ3) is 3.33. The van der Waals surface area contributed by atoms with Crippen LogP contribution in [0.4, 0.5) is 16.3 Å². The monoisotopic (exact) mass is 371 g/mol. The topological polar surface area (TPSA) is 61.4 Å². The van der Waals surface area contributed by atoms with Crippen LogP contribution < -0.4 is 10.2 Å². The number of carbonyl (C=O) groups is 1. The van der Waals surface area contributed by atoms with Crippen molar-refractivity contribution in [3.8, 4) is 0 Å². The summed E-state index contributed by atoms with van der Waals surface area (Å²) >= 11 is 6.27. The van der Waals surface area contributed by atoms with Gasteiger partial charge in [-0.15, -0.1) is 0 Å². The summed E-state index contributed by atoms with van der Waals surface area (Å²) in [6.07, 6.45) is 7.34. The van der Waals surface area contributed by atoms with Crippen LogP contribution in [-0.4, -0.2) is 46.6 Å². The van der Waals surface area contributed by atoms with E-state index in [0.717, 1.165) is 43.9 Å². The number of halogens is 1. The molecular weight excluding hydrogens is 350 g/mol. The second kappa shape index (κ2) is 7.11. The summed E-state index contributed by atoms with van der Waals surface area (Å²) in [5.41, 5.74) is 1.66. The number of hydrogen-bond donors (Lipinski definition) is 1. The Morgan fingerprint density at radius 3 is 2.88 bits per heavy atom. The van der Waals surface area contributed by atoms with Gasteiger partial charge >= 0.3 is 6.03 Å². The molecule has 7 heteroatoms. The van der Waals surface area contributed by atoms with Crippen LogP contribution >= 0.6 is 11.6 Å². The first-order chi connectivity index (χ1) is 12.6. The number of aromatic nitrogens is 2. The lowest BCUT2D eigenvalue weighted by molar-refractivity contribution is 0.154. The highest BCUT2D eigenvalue weighted by Crippen LogP contribution is 2.31. The summed E-state index contributed by atoms with van der Waals surface area (Å²) in [6, 6.07) is 5.73. The molecule has 5 rings (SSSR count). The van der Waals surface area contributed by atoms with Crippen molar-refractivity contribution in [2.45, 2.75) is 25.8 Å². The van der Waals surface area contributed by atoms with Gasteiger partial charge in [-0.1, -0.05) is 23.7 Å². The molecule has 26 heavy (non-hydrogen) atoms. The number of carbonyl (C=O) groups excluding carboxylic acids is 1. The Labute approximate surface area is 158 Å². The standard InChI is InChI=1S/C19H22ClN5O/c1-13-3-2-4-16(20)18(13)23-19(26)25-11-14-5-6-15(25)12-24(10-14)17-9-21-7-8-22-17/h2-4,7-9,14-15H,5-6,10-12H2,1H3,(H,23,26)/t14-,15+/m0/s1. The maximum atomic E-state index is 13.0. The predicted octanol–water partition coefficient (Wildman–Crippen LogP) is 3.57. The van der Waals surface area contributed by atoms with Crippen LogP contribution in [0.2, 0.25) is 5.02 Å². The Kier molecular flexibility index (Phi) is 4.68. The highest BCUT2D eigenvalue weighted by molar-refractivity contribution is 6.33. The molecule has 6 nitrogen and oxygen atoms in total. The number of para-hydroxylation sites is 1. The molecule has 2 bridgehead atoms. The fourth-order valence-corrected chi connectivity index (χ4v) is 4.21. The third-order valence-corrected chi connectivity index (χ3v) is 5.62. The Balaban J connectivity index is 1.52. The molecule has 1 aromatic heterocycles. The number of nitrogens with one attached hydrogen (secondary N) is 1. The first-order valence-electron chi connectivity index (χ1n) is 8.95. The maximum Gasteiger partial charge on any atom is 0.322 e. The number of amides is 2. The highest BCUT2D eigenvalue weighted by Gasteiger charge is 2.37. The number of piperidine rings is 1. The van der Waals surface area contributed by atoms with Gasteiger partial charge in [-0.25, -0.2) is 9.78 Å². The van der Waals surface area contributed by atoms with Crippen LogP contribution in [0, 0.1) is 12.8 Å². The van der Waals surface area contributed by atoms with E-state index in [4.69, 9.17) is 11.6 Å². The molecular formula is C19H22ClN5O. The zero-order chi connectivity index (χ0) is 18.1. The van der Waals surface area contributed by atoms with Gasteiger partial charge in [-0.05, 0) is 37.3 Å². The third-order valence-electron chi connectivity index (χ3n) is 5.30. The number of nitrogens with zero attached hydrogens (tertiary/aromatic N) is 4. The van der Waals surface area contributed by atoms with Crippen LogP contribution in [0.3, 0.4) is 0 Å². The van der Waals surface area contributed by atoms with Gasteiger partial charge in [0.15, 0.2) is 0 Å². The number of benzene rings is 1. The summed E-state index contributed by atoms with van der Waals surface area (Å²) in [4.78, 5) is 25.8. The van der Waals surface area contributed by atoms with E-state index >= 15 is 0 Å². The van der Waals surface area contributed by atoms with Crippen molar-refractivity contribution in [2.75, 3.05) is 29.9 Å². The summed E-state index contributed by atoms with van der Waals surface area (Å²) in [5, 5.41) is 3.59. The van der Waals surface area contributed by atoms with E-state index in [9.17, 15) is 4.79 Å². The van der Waals surface area contributed by atoms with Gasteiger partial charge in [0.2, 0.25) is 0 Å². The maximum absolute atomic E-state index is 13.0. The largest absolute Gasteiger partial charge is 0.353 e. The van der Waals surface area contributed by atoms with Crippen molar-refractivity contribution in [2.24, 2.45) is 5.92 Å². The zero-order valence-corrected chi connectivity index (χ0v) is 15.5. The molecule has 3 aliphatic heterocycles. The Bertz CT molecular complexity index is 780. The molecule has 0 aliphatic carbocycles. The van der Waals surface area contributed by atoms with E-state index in [1.54, 1.807) is 24.7 Å². The van der Waals surface area contributed by atoms with Crippen molar-refractivity contribution in [1.29, 1.82) is 0 Å². The smallest absolute Gasteiger partial charge is 0.322 e. The molecule has 136 valence electrons. The fraction of sp³-hybridized carbons (Fsp3) is 0.421. The van der Waals surface area contributed by atoms with Crippen LogP contribution in [0.15, 0.2) is 36.8 Å². The van der Waals surface area contributed by atoms with Gasteiger partial charge in [-0.3, -0.25) is 4.98 Å². The minimum atomic E-state index is -0.0723. The van der Waals surface area contributed by atoms with Gasteiger partial charge < -0.3 is 15.1 Å². The van der Waals surface area contributed by atoms with Crippen LogP contribution in [0.25, 0.3) is 0 Å². The van der Waals surface area contributed by atoms with Crippen LogP contribution in [-0.2, 0) is 0 Å². The molecule has 3 fully saturated rings. The highest BCUT2D eigenvalue weighted by atomic mass is 35.5. The molecule has 0 saturated carbocycles. The first-order valence-corrected chi connectivity index (χ1v) is 9.33. The van der Waals surface area contributed by atoms with E-state index in [0.29, 0.717) is 16.6 Å². The van der Waals surface area contributed by atoms with Gasteiger partial charge in [0.25, 0.3) is 0 Å². The molecule has 2 aromatic rings. The summed E-state index contributed by atoms with van der Waals surface area (Å²) in [7, 11) is 0. The van der Waals surface area contributed by atoms with Crippen molar-refractivity contribution in [3.63, 3.8) is 0 Å². The van der Waals surface area contributed by atoms with Crippen molar-refractivity contribution >= 4 is 29.1 Å². The molecule has 4 heterocycles. The summed E-state index contributed by atoms with van der Waals surface area (Å²) in [6.45, 7) is 4.40. The van der Waals surface area contributed by atoms with Gasteiger partial charge in [0.05, 0.1) is 22.9 Å². The predicted molar refractivity (Wildman–Crippen MR) is 103 cm³/mol. The second-order valence-electron chi connectivity index (χ2n) is 7.08. The minimum absolute atomic E-state index is 0.0723. The normalized spacial score (nSPS) is 22.2. The molecule has 1 N–H and O–H groups in total. The number of anilines is 2. The summed E-state index contributed by atoms with van der Waals surface area (Å²) in [5.74, 6) is 1.32. The molecule has 0 radical (unpaired) electrons. The molecule has 1 aromatic carbocycles. The van der Waals surface area contributed by atoms with E-state index in [-0.39, 0.29) is 12.1 Å². The lowest BCUT2D eigenvalue weighted by Crippen LogP contribution is -2.49. The molecule has 2 atom stereocenters. The average molecular weight is 372 g/mol. The van der Waals surface area contributed by atoms with Crippen LogP contribution in [0.1, 0.15) is 18.4 Å². The number of urea groups is 1. The quantitative estimate of drug-likeness (QED) is 0.876. The molecule has 3 aliphatic rings. The fourth-order valence-electron chi connectivity index (χ4n) is 3.94. The lowest BCUT2D eigenvalue weighted by Gasteiger charge is -2.36. The Hall–Kier alpha value is -2.34. The minimum Gasteiger partial charge on any atom is -0.353 e. The lowest BCUT2D eigenvalue weighted by atomic mass is 9.95. The molecule has 3 saturated heterocycles. The van der Waals surface area contributed by atoms with Gasteiger partial charge in [0, 0.05) is 32.0 Å². The Morgan fingerprint density at radius 1 is 1.23 bits per heavy atom. The second-order valence-corrected chi connectivity index (χ2v) is 7.49. The number of hydrogen-bond acceptors (Lipinski definition) is 4. The van der Waals surface area contributed by atoms with Gasteiger partial charge in [0.1, 0.15) is 5.82 Å². The average Bonchev–Trinajstić information content (AvgIpc) is 2.97. The van der Waals surface area contributed by atoms with Crippen LogP contribution in [0.5, 0.6) is 0 Å². The van der Waals surface area contributed by atoms with E-state index in [1.807, 2.05) is 24.0 Å². The molecule has 2 amide bonds. The number of fused-ring (bicyclic) bond motifs is 4. The first kappa shape index (κ1) is 17.1. The number of aryl methyl sites for hydroxylation is 1. The van der Waals surface area contributed by atoms with E-state index < -0.39 is 0 Å². The zero-order valence-electron chi connectivity index (χ0n) is 14.7. The van der Waals surface area contributed by atoms with Gasteiger partial charge in [-0.2, -0.15) is 0 Å². The van der Waals surface area contributed by atoms with E-state index in [1.165, 1.54) is 0 Å². The van der Waals surface area contributed by atoms with Crippen molar-refractivity contribution < 1.29 is 4.79 Å². The SMILES string of the molecule is Cc1cccc(Cl)c1NC(=O)N1C[C@H]2CC[C@@H]1CN(c1cnccn1)C2.